The zero-order valence-electron chi connectivity index (χ0n) is 17.1. The molecule has 1 fully saturated rings. The van der Waals surface area contributed by atoms with E-state index in [1.807, 2.05) is 13.8 Å². The zero-order chi connectivity index (χ0) is 18.2. The number of nitrogens with zero attached hydrogens (tertiary/aromatic N) is 1. The minimum absolute atomic E-state index is 0. The van der Waals surface area contributed by atoms with Crippen LogP contribution in [0.3, 0.4) is 0 Å². The van der Waals surface area contributed by atoms with Gasteiger partial charge in [-0.3, -0.25) is 4.90 Å². The number of morpholine rings is 1. The molecule has 0 spiro atoms. The molecule has 1 aliphatic heterocycles. The Morgan fingerprint density at radius 1 is 0.846 bits per heavy atom. The third kappa shape index (κ3) is 17.9. The Morgan fingerprint density at radius 2 is 1.35 bits per heavy atom. The first-order valence-corrected chi connectivity index (χ1v) is 9.92. The summed E-state index contributed by atoms with van der Waals surface area (Å²) in [6.07, 6.45) is 3.84. The Kier molecular flexibility index (Phi) is 23.5. The van der Waals surface area contributed by atoms with Gasteiger partial charge >= 0.3 is 0 Å². The minimum Gasteiger partial charge on any atom is -0.379 e. The second kappa shape index (κ2) is 20.5. The van der Waals surface area contributed by atoms with Crippen molar-refractivity contribution in [2.75, 3.05) is 32.8 Å². The Hall–Kier alpha value is -0.860. The average molecular weight is 368 g/mol. The number of rotatable bonds is 6. The van der Waals surface area contributed by atoms with Gasteiger partial charge in [0, 0.05) is 13.1 Å². The van der Waals surface area contributed by atoms with Crippen LogP contribution in [0.2, 0.25) is 0 Å². The lowest BCUT2D eigenvalue weighted by molar-refractivity contribution is 0.0360. The van der Waals surface area contributed by atoms with E-state index in [2.05, 4.69) is 62.9 Å². The maximum atomic E-state index is 5.26. The molecule has 156 valence electrons. The summed E-state index contributed by atoms with van der Waals surface area (Å²) < 4.78 is 5.26. The fourth-order valence-electron chi connectivity index (χ4n) is 2.37. The smallest absolute Gasteiger partial charge is 0.0594 e. The van der Waals surface area contributed by atoms with Crippen molar-refractivity contribution in [2.45, 2.75) is 75.7 Å². The molecule has 0 aromatic heterocycles. The molecule has 1 heterocycles. The monoisotopic (exact) mass is 367 g/mol. The highest BCUT2D eigenvalue weighted by Crippen LogP contribution is 2.07. The van der Waals surface area contributed by atoms with Crippen molar-refractivity contribution in [3.05, 3.63) is 35.9 Å². The largest absolute Gasteiger partial charge is 0.379 e. The van der Waals surface area contributed by atoms with Gasteiger partial charge in [0.2, 0.25) is 0 Å². The molecule has 1 saturated heterocycles. The van der Waals surface area contributed by atoms with E-state index in [0.717, 1.165) is 38.1 Å². The van der Waals surface area contributed by atoms with Gasteiger partial charge in [-0.1, -0.05) is 86.7 Å². The number of benzene rings is 1. The summed E-state index contributed by atoms with van der Waals surface area (Å²) in [6.45, 7) is 18.5. The minimum atomic E-state index is 0. The standard InChI is InChI=1S/C11H16.C9H19NO.C2H6.2CH4/c1-10(2)8-9-11-6-4-3-5-7-11;1-9(2)3-4-10-5-7-11-8-6-10;1-2;;/h3-7,10H,8-9H2,1-2H3;9H,3-8H2,1-2H3;1-2H3;2*1H4. The van der Waals surface area contributed by atoms with Crippen LogP contribution >= 0.6 is 0 Å². The van der Waals surface area contributed by atoms with Crippen molar-refractivity contribution in [3.8, 4) is 0 Å². The maximum absolute atomic E-state index is 5.26. The Morgan fingerprint density at radius 3 is 1.81 bits per heavy atom. The highest BCUT2D eigenvalue weighted by Gasteiger charge is 2.09. The molecule has 26 heavy (non-hydrogen) atoms. The van der Waals surface area contributed by atoms with E-state index < -0.39 is 0 Å². The number of ether oxygens (including phenoxy) is 1. The number of hydrogen-bond donors (Lipinski definition) is 0. The maximum Gasteiger partial charge on any atom is 0.0594 e. The summed E-state index contributed by atoms with van der Waals surface area (Å²) in [4.78, 5) is 2.49. The third-order valence-electron chi connectivity index (χ3n) is 3.98. The van der Waals surface area contributed by atoms with Crippen molar-refractivity contribution in [1.29, 1.82) is 0 Å². The van der Waals surface area contributed by atoms with Gasteiger partial charge in [-0.15, -0.1) is 0 Å². The summed E-state index contributed by atoms with van der Waals surface area (Å²) in [5, 5.41) is 0. The summed E-state index contributed by atoms with van der Waals surface area (Å²) in [6, 6.07) is 10.7. The lowest BCUT2D eigenvalue weighted by Crippen LogP contribution is -2.37. The van der Waals surface area contributed by atoms with Gasteiger partial charge in [0.05, 0.1) is 13.2 Å². The van der Waals surface area contributed by atoms with E-state index in [1.165, 1.54) is 31.4 Å². The molecule has 0 aliphatic carbocycles. The molecule has 2 heteroatoms. The van der Waals surface area contributed by atoms with Crippen LogP contribution in [0.4, 0.5) is 0 Å². The highest BCUT2D eigenvalue weighted by atomic mass is 16.5. The fourth-order valence-corrected chi connectivity index (χ4v) is 2.37. The fraction of sp³-hybridized carbons (Fsp3) is 0.750. The van der Waals surface area contributed by atoms with E-state index >= 15 is 0 Å². The molecular weight excluding hydrogens is 318 g/mol. The van der Waals surface area contributed by atoms with Crippen LogP contribution < -0.4 is 0 Å². The SMILES string of the molecule is C.C.CC.CC(C)CCN1CCOCC1.CC(C)CCc1ccccc1. The summed E-state index contributed by atoms with van der Waals surface area (Å²) >= 11 is 0. The van der Waals surface area contributed by atoms with Gasteiger partial charge in [0.25, 0.3) is 0 Å². The molecule has 2 nitrogen and oxygen atoms in total. The average Bonchev–Trinajstić information content (AvgIpc) is 2.62. The molecule has 0 atom stereocenters. The van der Waals surface area contributed by atoms with Crippen molar-refractivity contribution in [3.63, 3.8) is 0 Å². The molecule has 1 aromatic carbocycles. The van der Waals surface area contributed by atoms with Crippen LogP contribution in [0.25, 0.3) is 0 Å². The molecule has 0 amide bonds. The second-order valence-electron chi connectivity index (χ2n) is 7.05. The van der Waals surface area contributed by atoms with E-state index in [-0.39, 0.29) is 14.9 Å². The number of aryl methyl sites for hydroxylation is 1. The predicted molar refractivity (Wildman–Crippen MR) is 121 cm³/mol. The quantitative estimate of drug-likeness (QED) is 0.540. The third-order valence-corrected chi connectivity index (χ3v) is 3.98. The lowest BCUT2D eigenvalue weighted by Gasteiger charge is -2.26. The van der Waals surface area contributed by atoms with Crippen LogP contribution in [0.15, 0.2) is 30.3 Å². The Labute approximate surface area is 166 Å². The Bertz CT molecular complexity index is 356. The topological polar surface area (TPSA) is 12.5 Å². The normalized spacial score (nSPS) is 13.5. The van der Waals surface area contributed by atoms with Gasteiger partial charge < -0.3 is 4.74 Å². The number of hydrogen-bond acceptors (Lipinski definition) is 2. The first-order chi connectivity index (χ1) is 11.6. The van der Waals surface area contributed by atoms with Gasteiger partial charge in [-0.05, 0) is 43.2 Å². The first kappa shape index (κ1) is 29.9. The van der Waals surface area contributed by atoms with Crippen molar-refractivity contribution < 1.29 is 4.74 Å². The van der Waals surface area contributed by atoms with E-state index in [4.69, 9.17) is 4.74 Å². The molecule has 0 unspecified atom stereocenters. The predicted octanol–water partition coefficient (Wildman–Crippen LogP) is 6.94. The summed E-state index contributed by atoms with van der Waals surface area (Å²) in [7, 11) is 0. The van der Waals surface area contributed by atoms with Crippen molar-refractivity contribution in [2.24, 2.45) is 11.8 Å². The summed E-state index contributed by atoms with van der Waals surface area (Å²) in [5.41, 5.74) is 1.46. The van der Waals surface area contributed by atoms with Crippen LogP contribution in [0, 0.1) is 11.8 Å². The Balaban J connectivity index is -0.000000347. The van der Waals surface area contributed by atoms with Gasteiger partial charge in [0.1, 0.15) is 0 Å². The molecule has 0 radical (unpaired) electrons. The van der Waals surface area contributed by atoms with Gasteiger partial charge in [0.15, 0.2) is 0 Å². The molecule has 2 rings (SSSR count). The molecule has 1 aliphatic rings. The molecule has 0 N–H and O–H groups in total. The van der Waals surface area contributed by atoms with Crippen LogP contribution in [-0.2, 0) is 11.2 Å². The van der Waals surface area contributed by atoms with E-state index in [9.17, 15) is 0 Å². The molecule has 0 saturated carbocycles. The summed E-state index contributed by atoms with van der Waals surface area (Å²) in [5.74, 6) is 1.65. The molecule has 1 aromatic rings. The molecule has 0 bridgehead atoms. The van der Waals surface area contributed by atoms with Crippen LogP contribution in [0.5, 0.6) is 0 Å². The van der Waals surface area contributed by atoms with Crippen LogP contribution in [-0.4, -0.2) is 37.7 Å². The van der Waals surface area contributed by atoms with Crippen LogP contribution in [0.1, 0.15) is 74.8 Å². The first-order valence-electron chi connectivity index (χ1n) is 9.92. The second-order valence-corrected chi connectivity index (χ2v) is 7.05. The van der Waals surface area contributed by atoms with Gasteiger partial charge in [-0.25, -0.2) is 0 Å². The van der Waals surface area contributed by atoms with Crippen molar-refractivity contribution in [1.82, 2.24) is 4.90 Å². The van der Waals surface area contributed by atoms with Crippen molar-refractivity contribution >= 4 is 0 Å². The van der Waals surface area contributed by atoms with E-state index in [1.54, 1.807) is 0 Å². The zero-order valence-corrected chi connectivity index (χ0v) is 17.1. The highest BCUT2D eigenvalue weighted by molar-refractivity contribution is 5.14. The van der Waals surface area contributed by atoms with Gasteiger partial charge in [-0.2, -0.15) is 0 Å². The lowest BCUT2D eigenvalue weighted by atomic mass is 10.0. The van der Waals surface area contributed by atoms with E-state index in [0.29, 0.717) is 0 Å². The molecular formula is C24H49NO.